The van der Waals surface area contributed by atoms with Gasteiger partial charge in [-0.3, -0.25) is 4.72 Å². The minimum absolute atomic E-state index is 0.0326. The maximum absolute atomic E-state index is 14.6. The number of rotatable bonds is 9. The number of anilines is 2. The molecule has 210 valence electrons. The average Bonchev–Trinajstić information content (AvgIpc) is 3.56. The fourth-order valence-corrected chi connectivity index (χ4v) is 5.69. The molecule has 3 aromatic rings. The first-order valence-electron chi connectivity index (χ1n) is 12.2. The summed E-state index contributed by atoms with van der Waals surface area (Å²) in [6.07, 6.45) is 4.03. The minimum Gasteiger partial charge on any atom is -0.444 e. The number of amides is 1. The molecule has 2 aromatic heterocycles. The Morgan fingerprint density at radius 2 is 2.00 bits per heavy atom. The van der Waals surface area contributed by atoms with Crippen molar-refractivity contribution in [2.45, 2.75) is 58.1 Å². The van der Waals surface area contributed by atoms with Gasteiger partial charge in [-0.2, -0.15) is 0 Å². The van der Waals surface area contributed by atoms with Crippen molar-refractivity contribution in [3.05, 3.63) is 40.2 Å². The first-order valence-corrected chi connectivity index (χ1v) is 15.3. The summed E-state index contributed by atoms with van der Waals surface area (Å²) in [6, 6.07) is 3.69. The van der Waals surface area contributed by atoms with Crippen LogP contribution in [0.4, 0.5) is 20.8 Å². The summed E-state index contributed by atoms with van der Waals surface area (Å²) in [5.74, 6) is -0.0333. The van der Waals surface area contributed by atoms with E-state index in [-0.39, 0.29) is 22.3 Å². The number of alkyl carbamates (subject to hydrolysis) is 1. The SMILES string of the molecule is C[C@@H](CNc1nccc(-c2sc(C3CC3)nc2-c2cc(F)cc(NS(C)(=O)=O)c2Cl)n1)NC(=O)OC(C)(C)C. The highest BCUT2D eigenvalue weighted by molar-refractivity contribution is 7.92. The summed E-state index contributed by atoms with van der Waals surface area (Å²) in [5, 5.41) is 6.77. The average molecular weight is 597 g/mol. The van der Waals surface area contributed by atoms with Crippen molar-refractivity contribution >= 4 is 50.7 Å². The number of nitrogens with one attached hydrogen (secondary N) is 3. The zero-order chi connectivity index (χ0) is 28.5. The van der Waals surface area contributed by atoms with E-state index in [2.05, 4.69) is 25.3 Å². The third-order valence-corrected chi connectivity index (χ3v) is 7.61. The van der Waals surface area contributed by atoms with Gasteiger partial charge >= 0.3 is 6.09 Å². The lowest BCUT2D eigenvalue weighted by atomic mass is 10.1. The van der Waals surface area contributed by atoms with Gasteiger partial charge in [0.05, 0.1) is 38.2 Å². The highest BCUT2D eigenvalue weighted by atomic mass is 35.5. The Kier molecular flexibility index (Phi) is 8.33. The smallest absolute Gasteiger partial charge is 0.407 e. The Labute approximate surface area is 235 Å². The molecule has 10 nitrogen and oxygen atoms in total. The van der Waals surface area contributed by atoms with Crippen LogP contribution in [0.5, 0.6) is 0 Å². The number of carbonyl (C=O) groups is 1. The molecule has 1 aromatic carbocycles. The third kappa shape index (κ3) is 7.99. The van der Waals surface area contributed by atoms with Crippen LogP contribution in [-0.4, -0.2) is 53.9 Å². The number of thiazole rings is 1. The fraction of sp³-hybridized carbons (Fsp3) is 0.440. The molecule has 0 aliphatic heterocycles. The van der Waals surface area contributed by atoms with Gasteiger partial charge in [-0.05, 0) is 58.7 Å². The maximum Gasteiger partial charge on any atom is 0.407 e. The number of halogens is 2. The number of hydrogen-bond donors (Lipinski definition) is 3. The van der Waals surface area contributed by atoms with Crippen molar-refractivity contribution in [1.29, 1.82) is 0 Å². The zero-order valence-electron chi connectivity index (χ0n) is 22.1. The molecule has 0 saturated heterocycles. The molecule has 0 radical (unpaired) electrons. The predicted molar refractivity (Wildman–Crippen MR) is 151 cm³/mol. The molecule has 39 heavy (non-hydrogen) atoms. The Morgan fingerprint density at radius 1 is 1.28 bits per heavy atom. The highest BCUT2D eigenvalue weighted by Gasteiger charge is 2.30. The molecule has 1 aliphatic rings. The number of carbonyl (C=O) groups excluding carboxylic acids is 1. The molecule has 1 saturated carbocycles. The molecule has 1 aliphatic carbocycles. The second kappa shape index (κ2) is 11.2. The summed E-state index contributed by atoms with van der Waals surface area (Å²) >= 11 is 8.00. The van der Waals surface area contributed by atoms with Gasteiger partial charge in [0, 0.05) is 30.3 Å². The molecule has 0 bridgehead atoms. The van der Waals surface area contributed by atoms with Crippen molar-refractivity contribution in [2.24, 2.45) is 0 Å². The van der Waals surface area contributed by atoms with E-state index in [4.69, 9.17) is 21.3 Å². The van der Waals surface area contributed by atoms with Crippen molar-refractivity contribution in [2.75, 3.05) is 22.8 Å². The topological polar surface area (TPSA) is 135 Å². The van der Waals surface area contributed by atoms with Crippen LogP contribution >= 0.6 is 22.9 Å². The third-order valence-electron chi connectivity index (χ3n) is 5.38. The van der Waals surface area contributed by atoms with Crippen LogP contribution in [0.2, 0.25) is 5.02 Å². The van der Waals surface area contributed by atoms with Gasteiger partial charge in [-0.25, -0.2) is 32.6 Å². The van der Waals surface area contributed by atoms with Crippen LogP contribution in [0.15, 0.2) is 24.4 Å². The number of ether oxygens (including phenoxy) is 1. The molecule has 2 heterocycles. The lowest BCUT2D eigenvalue weighted by Crippen LogP contribution is -2.41. The normalized spacial score (nSPS) is 14.5. The standard InChI is InChI=1S/C25H30ClFN6O4S2/c1-13(30-24(34)37-25(2,3)4)12-29-23-28-9-8-17(31-23)21-20(32-22(38-21)14-6-7-14)16-10-15(27)11-18(19(16)26)33-39(5,35)36/h8-11,13-14,33H,6-7,12H2,1-5H3,(H,30,34)(H,28,29,31)/t13-/m0/s1. The van der Waals surface area contributed by atoms with Gasteiger partial charge in [-0.1, -0.05) is 11.6 Å². The quantitative estimate of drug-likeness (QED) is 0.289. The fourth-order valence-electron chi connectivity index (χ4n) is 3.61. The second-order valence-corrected chi connectivity index (χ2v) is 13.5. The van der Waals surface area contributed by atoms with Gasteiger partial charge < -0.3 is 15.4 Å². The maximum atomic E-state index is 14.6. The minimum atomic E-state index is -3.69. The van der Waals surface area contributed by atoms with Gasteiger partial charge in [0.25, 0.3) is 0 Å². The molecule has 0 unspecified atom stereocenters. The molecule has 3 N–H and O–H groups in total. The Hall–Kier alpha value is -3.03. The van der Waals surface area contributed by atoms with Crippen LogP contribution in [0.1, 0.15) is 51.5 Å². The summed E-state index contributed by atoms with van der Waals surface area (Å²) in [7, 11) is -3.69. The number of hydrogen-bond acceptors (Lipinski definition) is 9. The van der Waals surface area contributed by atoms with Gasteiger partial charge in [0.1, 0.15) is 11.4 Å². The van der Waals surface area contributed by atoms with E-state index in [1.165, 1.54) is 17.4 Å². The Balaban J connectivity index is 1.62. The molecule has 4 rings (SSSR count). The lowest BCUT2D eigenvalue weighted by Gasteiger charge is -2.22. The van der Waals surface area contributed by atoms with Crippen molar-refractivity contribution < 1.29 is 22.3 Å². The van der Waals surface area contributed by atoms with E-state index in [9.17, 15) is 17.6 Å². The largest absolute Gasteiger partial charge is 0.444 e. The van der Waals surface area contributed by atoms with Gasteiger partial charge in [-0.15, -0.1) is 11.3 Å². The van der Waals surface area contributed by atoms with Crippen LogP contribution in [0.25, 0.3) is 21.8 Å². The molecule has 1 atom stereocenters. The number of aromatic nitrogens is 3. The molecule has 1 fully saturated rings. The van der Waals surface area contributed by atoms with E-state index in [1.807, 2.05) is 6.92 Å². The zero-order valence-corrected chi connectivity index (χ0v) is 24.5. The van der Waals surface area contributed by atoms with Gasteiger partial charge in [0.2, 0.25) is 16.0 Å². The van der Waals surface area contributed by atoms with Crippen molar-refractivity contribution in [1.82, 2.24) is 20.3 Å². The van der Waals surface area contributed by atoms with E-state index >= 15 is 0 Å². The van der Waals surface area contributed by atoms with Crippen LogP contribution in [0, 0.1) is 5.82 Å². The highest BCUT2D eigenvalue weighted by Crippen LogP contribution is 2.48. The lowest BCUT2D eigenvalue weighted by molar-refractivity contribution is 0.0511. The summed E-state index contributed by atoms with van der Waals surface area (Å²) in [6.45, 7) is 7.52. The molecule has 1 amide bonds. The van der Waals surface area contributed by atoms with Crippen molar-refractivity contribution in [3.8, 4) is 21.8 Å². The number of nitrogens with zero attached hydrogens (tertiary/aromatic N) is 3. The summed E-state index contributed by atoms with van der Waals surface area (Å²) < 4.78 is 45.8. The van der Waals surface area contributed by atoms with Crippen LogP contribution in [0.3, 0.4) is 0 Å². The summed E-state index contributed by atoms with van der Waals surface area (Å²) in [5.41, 5.74) is 0.527. The monoisotopic (exact) mass is 596 g/mol. The molecule has 14 heteroatoms. The molecular weight excluding hydrogens is 567 g/mol. The first kappa shape index (κ1) is 29.0. The summed E-state index contributed by atoms with van der Waals surface area (Å²) in [4.78, 5) is 26.4. The predicted octanol–water partition coefficient (Wildman–Crippen LogP) is 5.63. The van der Waals surface area contributed by atoms with E-state index < -0.39 is 27.5 Å². The second-order valence-electron chi connectivity index (χ2n) is 10.4. The number of sulfonamides is 1. The van der Waals surface area contributed by atoms with E-state index in [1.54, 1.807) is 33.0 Å². The molecule has 0 spiro atoms. The Bertz CT molecular complexity index is 1490. The number of benzene rings is 1. The first-order chi connectivity index (χ1) is 18.2. The molecular formula is C25H30ClFN6O4S2. The van der Waals surface area contributed by atoms with E-state index in [0.717, 1.165) is 30.2 Å². The van der Waals surface area contributed by atoms with E-state index in [0.29, 0.717) is 34.7 Å². The van der Waals surface area contributed by atoms with Gasteiger partial charge in [0.15, 0.2) is 0 Å². The van der Waals surface area contributed by atoms with Crippen molar-refractivity contribution in [3.63, 3.8) is 0 Å². The van der Waals surface area contributed by atoms with Crippen LogP contribution < -0.4 is 15.4 Å². The van der Waals surface area contributed by atoms with Crippen LogP contribution in [-0.2, 0) is 14.8 Å². The Morgan fingerprint density at radius 3 is 2.64 bits per heavy atom.